The highest BCUT2D eigenvalue weighted by Crippen LogP contribution is 2.36. The van der Waals surface area contributed by atoms with E-state index in [4.69, 9.17) is 9.47 Å². The molecule has 0 bridgehead atoms. The molecule has 1 aromatic rings. The zero-order valence-electron chi connectivity index (χ0n) is 21.7. The second-order valence-corrected chi connectivity index (χ2v) is 10.3. The van der Waals surface area contributed by atoms with Crippen molar-refractivity contribution >= 4 is 11.6 Å². The number of hydrogen-bond donors (Lipinski definition) is 2. The van der Waals surface area contributed by atoms with E-state index in [-0.39, 0.29) is 23.7 Å². The number of ketones is 2. The number of phenols is 1. The normalized spacial score (nSPS) is 23.2. The summed E-state index contributed by atoms with van der Waals surface area (Å²) in [6.07, 6.45) is 5.83. The average Bonchev–Trinajstić information content (AvgIpc) is 2.70. The van der Waals surface area contributed by atoms with Gasteiger partial charge in [-0.15, -0.1) is 0 Å². The number of phenolic OH excluding ortho intramolecular Hbond substituents is 1. The Kier molecular flexibility index (Phi) is 9.26. The number of hydrogen-bond acceptors (Lipinski definition) is 6. The number of rotatable bonds is 10. The van der Waals surface area contributed by atoms with Crippen LogP contribution in [0.2, 0.25) is 0 Å². The summed E-state index contributed by atoms with van der Waals surface area (Å²) in [6.45, 7) is 11.1. The molecule has 0 amide bonds. The van der Waals surface area contributed by atoms with Crippen LogP contribution in [0.4, 0.5) is 0 Å². The van der Waals surface area contributed by atoms with Crippen molar-refractivity contribution in [1.29, 1.82) is 0 Å². The van der Waals surface area contributed by atoms with Crippen LogP contribution in [0.25, 0.3) is 0 Å². The molecule has 6 heteroatoms. The van der Waals surface area contributed by atoms with Crippen LogP contribution in [-0.2, 0) is 20.7 Å². The average molecular weight is 473 g/mol. The van der Waals surface area contributed by atoms with E-state index >= 15 is 0 Å². The number of aliphatic hydroxyl groups excluding tert-OH is 1. The van der Waals surface area contributed by atoms with Gasteiger partial charge in [-0.2, -0.15) is 0 Å². The largest absolute Gasteiger partial charge is 0.508 e. The predicted octanol–water partition coefficient (Wildman–Crippen LogP) is 5.16. The molecule has 1 saturated heterocycles. The monoisotopic (exact) mass is 472 g/mol. The van der Waals surface area contributed by atoms with Gasteiger partial charge in [0.2, 0.25) is 0 Å². The van der Waals surface area contributed by atoms with Gasteiger partial charge in [0, 0.05) is 18.4 Å². The van der Waals surface area contributed by atoms with Gasteiger partial charge in [-0.3, -0.25) is 9.59 Å². The lowest BCUT2D eigenvalue weighted by Crippen LogP contribution is -2.57. The first-order valence-corrected chi connectivity index (χ1v) is 11.9. The number of carbonyl (C=O) groups is 2. The molecule has 188 valence electrons. The first kappa shape index (κ1) is 27.8. The van der Waals surface area contributed by atoms with Crippen molar-refractivity contribution in [2.75, 3.05) is 7.11 Å². The molecule has 0 saturated carbocycles. The molecule has 2 N–H and O–H groups in total. The molecule has 2 atom stereocenters. The lowest BCUT2D eigenvalue weighted by molar-refractivity contribution is -0.211. The molecular formula is C28H40O6. The molecule has 1 fully saturated rings. The third kappa shape index (κ3) is 7.28. The third-order valence-corrected chi connectivity index (χ3v) is 6.56. The summed E-state index contributed by atoms with van der Waals surface area (Å²) in [5.41, 5.74) is 2.00. The Bertz CT molecular complexity index is 971. The van der Waals surface area contributed by atoms with Gasteiger partial charge in [0.25, 0.3) is 0 Å². The number of aliphatic hydroxyl groups is 1. The second kappa shape index (κ2) is 11.3. The summed E-state index contributed by atoms with van der Waals surface area (Å²) < 4.78 is 11.4. The van der Waals surface area contributed by atoms with Crippen LogP contribution in [0.15, 0.2) is 35.4 Å². The third-order valence-electron chi connectivity index (χ3n) is 6.56. The van der Waals surface area contributed by atoms with Crippen molar-refractivity contribution in [3.63, 3.8) is 0 Å². The number of methoxy groups -OCH3 is 1. The van der Waals surface area contributed by atoms with Crippen molar-refractivity contribution in [3.8, 4) is 11.5 Å². The highest BCUT2D eigenvalue weighted by Gasteiger charge is 2.48. The standard InChI is InChI=1S/C28H40O6/c1-18(9-8-12-28(6)25(32)17-24(31)27(4,5)34-28)13-22(29)14-19(2)10-11-21-16-23(30)15-20(3)26(21)33-7/h10,13,15-16,24,30-31H,8-9,11-12,14,17H2,1-7H3/b18-13-,19-10+. The molecule has 0 aromatic heterocycles. The van der Waals surface area contributed by atoms with Crippen molar-refractivity contribution < 1.29 is 29.3 Å². The van der Waals surface area contributed by atoms with E-state index in [0.29, 0.717) is 25.7 Å². The predicted molar refractivity (Wildman–Crippen MR) is 133 cm³/mol. The van der Waals surface area contributed by atoms with Crippen molar-refractivity contribution in [1.82, 2.24) is 0 Å². The Labute approximate surface area is 203 Å². The van der Waals surface area contributed by atoms with E-state index in [9.17, 15) is 19.8 Å². The highest BCUT2D eigenvalue weighted by molar-refractivity contribution is 5.92. The van der Waals surface area contributed by atoms with Gasteiger partial charge in [-0.1, -0.05) is 17.2 Å². The highest BCUT2D eigenvalue weighted by atomic mass is 16.5. The summed E-state index contributed by atoms with van der Waals surface area (Å²) in [6, 6.07) is 3.35. The number of aryl methyl sites for hydroxylation is 1. The fourth-order valence-electron chi connectivity index (χ4n) is 4.54. The Morgan fingerprint density at radius 2 is 1.91 bits per heavy atom. The number of allylic oxidation sites excluding steroid dienone is 4. The Balaban J connectivity index is 1.89. The van der Waals surface area contributed by atoms with E-state index in [1.165, 1.54) is 0 Å². The number of carbonyl (C=O) groups excluding carboxylic acids is 2. The van der Waals surface area contributed by atoms with Gasteiger partial charge in [0.15, 0.2) is 11.6 Å². The van der Waals surface area contributed by atoms with Gasteiger partial charge in [-0.25, -0.2) is 0 Å². The van der Waals surface area contributed by atoms with Crippen molar-refractivity contribution in [2.24, 2.45) is 0 Å². The topological polar surface area (TPSA) is 93.1 Å². The minimum atomic E-state index is -0.905. The molecular weight excluding hydrogens is 432 g/mol. The zero-order chi connectivity index (χ0) is 25.7. The molecule has 1 heterocycles. The fraction of sp³-hybridized carbons (Fsp3) is 0.571. The van der Waals surface area contributed by atoms with Crippen LogP contribution >= 0.6 is 0 Å². The van der Waals surface area contributed by atoms with Crippen LogP contribution in [-0.4, -0.2) is 46.2 Å². The number of Topliss-reactive ketones (excluding diaryl/α,β-unsaturated/α-hetero) is 1. The van der Waals surface area contributed by atoms with Crippen molar-refractivity contribution in [2.45, 2.75) is 97.4 Å². The molecule has 2 rings (SSSR count). The lowest BCUT2D eigenvalue weighted by Gasteiger charge is -2.45. The zero-order valence-corrected chi connectivity index (χ0v) is 21.7. The van der Waals surface area contributed by atoms with Gasteiger partial charge < -0.3 is 19.7 Å². The van der Waals surface area contributed by atoms with Crippen LogP contribution in [0.3, 0.4) is 0 Å². The molecule has 0 aliphatic carbocycles. The van der Waals surface area contributed by atoms with Crippen LogP contribution < -0.4 is 4.74 Å². The summed E-state index contributed by atoms with van der Waals surface area (Å²) in [4.78, 5) is 25.0. The van der Waals surface area contributed by atoms with E-state index in [2.05, 4.69) is 0 Å². The van der Waals surface area contributed by atoms with E-state index in [1.54, 1.807) is 46.1 Å². The first-order valence-electron chi connectivity index (χ1n) is 11.9. The Morgan fingerprint density at radius 1 is 1.24 bits per heavy atom. The van der Waals surface area contributed by atoms with Gasteiger partial charge in [0.05, 0.1) is 18.8 Å². The lowest BCUT2D eigenvalue weighted by atomic mass is 9.81. The van der Waals surface area contributed by atoms with E-state index < -0.39 is 17.3 Å². The molecule has 2 unspecified atom stereocenters. The van der Waals surface area contributed by atoms with E-state index in [1.807, 2.05) is 26.8 Å². The first-order chi connectivity index (χ1) is 15.8. The summed E-state index contributed by atoms with van der Waals surface area (Å²) in [7, 11) is 1.61. The quantitative estimate of drug-likeness (QED) is 0.361. The van der Waals surface area contributed by atoms with Gasteiger partial charge >= 0.3 is 0 Å². The van der Waals surface area contributed by atoms with Crippen LogP contribution in [0, 0.1) is 6.92 Å². The Morgan fingerprint density at radius 3 is 2.56 bits per heavy atom. The summed E-state index contributed by atoms with van der Waals surface area (Å²) in [5.74, 6) is 0.904. The molecule has 34 heavy (non-hydrogen) atoms. The van der Waals surface area contributed by atoms with E-state index in [0.717, 1.165) is 34.4 Å². The number of benzene rings is 1. The minimum Gasteiger partial charge on any atom is -0.508 e. The molecule has 1 aromatic carbocycles. The molecule has 0 radical (unpaired) electrons. The Hall–Kier alpha value is -2.44. The maximum Gasteiger partial charge on any atom is 0.167 e. The molecule has 1 aliphatic rings. The fourth-order valence-corrected chi connectivity index (χ4v) is 4.54. The molecule has 6 nitrogen and oxygen atoms in total. The maximum atomic E-state index is 12.5. The number of ether oxygens (including phenoxy) is 2. The van der Waals surface area contributed by atoms with Crippen LogP contribution in [0.5, 0.6) is 11.5 Å². The maximum absolute atomic E-state index is 12.5. The van der Waals surface area contributed by atoms with Gasteiger partial charge in [0.1, 0.15) is 17.1 Å². The SMILES string of the molecule is COc1c(C)cc(O)cc1C/C=C(\C)CC(=O)/C=C(/C)CCCC1(C)OC(C)(C)C(O)CC1=O. The number of aromatic hydroxyl groups is 1. The smallest absolute Gasteiger partial charge is 0.167 e. The summed E-state index contributed by atoms with van der Waals surface area (Å²) >= 11 is 0. The minimum absolute atomic E-state index is 0.0331. The molecule has 1 aliphatic heterocycles. The molecule has 0 spiro atoms. The van der Waals surface area contributed by atoms with Crippen LogP contribution in [0.1, 0.15) is 77.8 Å². The summed E-state index contributed by atoms with van der Waals surface area (Å²) in [5, 5.41) is 19.9. The second-order valence-electron chi connectivity index (χ2n) is 10.3. The van der Waals surface area contributed by atoms with Gasteiger partial charge in [-0.05, 0) is 91.0 Å². The van der Waals surface area contributed by atoms with Crippen molar-refractivity contribution in [3.05, 3.63) is 46.6 Å².